The second-order valence-corrected chi connectivity index (χ2v) is 21.3. The normalized spacial score (nSPS) is 21.9. The Labute approximate surface area is 428 Å². The van der Waals surface area contributed by atoms with E-state index >= 15 is 4.79 Å². The monoisotopic (exact) mass is 1020 g/mol. The minimum absolute atomic E-state index is 0.0439. The summed E-state index contributed by atoms with van der Waals surface area (Å²) >= 11 is 0. The first-order chi connectivity index (χ1) is 35.3. The molecule has 4 aliphatic rings. The first-order valence-corrected chi connectivity index (χ1v) is 26.7. The molecular weight excluding hydrogens is 953 g/mol. The van der Waals surface area contributed by atoms with Gasteiger partial charge in [-0.3, -0.25) is 19.1 Å². The maximum Gasteiger partial charge on any atom is 0.289 e. The molecule has 17 heteroatoms. The lowest BCUT2D eigenvalue weighted by molar-refractivity contribution is -0.155. The molecule has 1 N–H and O–H groups in total. The van der Waals surface area contributed by atoms with Crippen molar-refractivity contribution < 1.29 is 56.3 Å². The summed E-state index contributed by atoms with van der Waals surface area (Å²) in [5.74, 6) is 2.97. The molecule has 0 unspecified atom stereocenters. The standard InChI is InChI=1S/C56H68N4O12S/c1-8-36-33-57-19-17-37-27-50(67-4)52(69-6)31-44(37)48(57)25-39(36)26-49-45-32-53(70-7)51(68-5)28-38(45)18-20-59(49)56(63)54-29-40(46-34-60(35(2)62)47-12-10-9-11-43(46)47)30-55(72-54)71-24-22-58(21-23-61)73(64,65)42-15-13-41(66-3)14-16-42/h9-16,27-29,31-32,34,36,39-40,48-49,55,61H,8,17-26,30,33H2,1-7H3/t36-,39+,40-,48-,49+,55+/m0/s1. The summed E-state index contributed by atoms with van der Waals surface area (Å²) in [6, 6.07) is 21.9. The van der Waals surface area contributed by atoms with Crippen molar-refractivity contribution in [1.82, 2.24) is 18.7 Å². The highest BCUT2D eigenvalue weighted by atomic mass is 32.2. The largest absolute Gasteiger partial charge is 0.497 e. The summed E-state index contributed by atoms with van der Waals surface area (Å²) in [4.78, 5) is 33.3. The minimum atomic E-state index is -4.04. The van der Waals surface area contributed by atoms with Crippen molar-refractivity contribution in [3.63, 3.8) is 0 Å². The van der Waals surface area contributed by atoms with Gasteiger partial charge >= 0.3 is 0 Å². The molecule has 1 amide bonds. The molecule has 5 aromatic rings. The molecular formula is C56H68N4O12S. The Balaban J connectivity index is 1.06. The number of aliphatic hydroxyl groups is 1. The number of aromatic nitrogens is 1. The van der Waals surface area contributed by atoms with Crippen LogP contribution in [0.5, 0.6) is 28.7 Å². The van der Waals surface area contributed by atoms with Gasteiger partial charge in [0.25, 0.3) is 5.91 Å². The molecule has 0 spiro atoms. The quantitative estimate of drug-likeness (QED) is 0.0900. The van der Waals surface area contributed by atoms with Crippen LogP contribution in [0, 0.1) is 11.8 Å². The van der Waals surface area contributed by atoms with Crippen LogP contribution in [0.1, 0.15) is 90.1 Å². The average Bonchev–Trinajstić information content (AvgIpc) is 3.82. The fourth-order valence-electron chi connectivity index (χ4n) is 11.7. The number of amides is 1. The maximum atomic E-state index is 15.7. The first-order valence-electron chi connectivity index (χ1n) is 25.2. The number of hydrogen-bond acceptors (Lipinski definition) is 13. The van der Waals surface area contributed by atoms with E-state index in [1.54, 1.807) is 45.1 Å². The van der Waals surface area contributed by atoms with Crippen molar-refractivity contribution in [3.8, 4) is 28.7 Å². The molecule has 0 saturated carbocycles. The number of nitrogens with zero attached hydrogens (tertiary/aromatic N) is 4. The molecule has 5 heterocycles. The van der Waals surface area contributed by atoms with E-state index in [9.17, 15) is 18.3 Å². The number of hydrogen-bond donors (Lipinski definition) is 1. The molecule has 390 valence electrons. The Bertz CT molecular complexity index is 2960. The zero-order chi connectivity index (χ0) is 51.6. The number of piperidine rings is 1. The second-order valence-electron chi connectivity index (χ2n) is 19.3. The van der Waals surface area contributed by atoms with Crippen molar-refractivity contribution in [2.24, 2.45) is 11.8 Å². The van der Waals surface area contributed by atoms with Crippen molar-refractivity contribution in [2.45, 2.75) is 81.6 Å². The molecule has 9 rings (SSSR count). The Morgan fingerprint density at radius 1 is 0.781 bits per heavy atom. The van der Waals surface area contributed by atoms with Crippen molar-refractivity contribution >= 4 is 32.7 Å². The Morgan fingerprint density at radius 3 is 2.10 bits per heavy atom. The van der Waals surface area contributed by atoms with E-state index in [1.807, 2.05) is 53.6 Å². The molecule has 1 aromatic heterocycles. The van der Waals surface area contributed by atoms with Crippen LogP contribution in [0.15, 0.2) is 95.7 Å². The Kier molecular flexibility index (Phi) is 15.7. The van der Waals surface area contributed by atoms with Crippen LogP contribution >= 0.6 is 0 Å². The van der Waals surface area contributed by atoms with Crippen LogP contribution in [-0.2, 0) is 37.1 Å². The molecule has 16 nitrogen and oxygen atoms in total. The van der Waals surface area contributed by atoms with Gasteiger partial charge in [0.15, 0.2) is 28.8 Å². The van der Waals surface area contributed by atoms with Gasteiger partial charge < -0.3 is 43.2 Å². The third kappa shape index (κ3) is 10.3. The third-order valence-corrected chi connectivity index (χ3v) is 17.4. The minimum Gasteiger partial charge on any atom is -0.497 e. The van der Waals surface area contributed by atoms with Gasteiger partial charge in [-0.2, -0.15) is 4.31 Å². The van der Waals surface area contributed by atoms with Crippen LogP contribution < -0.4 is 23.7 Å². The van der Waals surface area contributed by atoms with Gasteiger partial charge in [-0.05, 0) is 126 Å². The number of carbonyl (C=O) groups is 2. The van der Waals surface area contributed by atoms with Gasteiger partial charge in [0, 0.05) is 69.6 Å². The third-order valence-electron chi connectivity index (χ3n) is 15.5. The summed E-state index contributed by atoms with van der Waals surface area (Å²) < 4.78 is 72.1. The SMILES string of the molecule is CC[C@H]1CN2CCc3cc(OC)c(OC)cc3[C@@H]2C[C@@H]1C[C@@H]1c2cc(OC)c(OC)cc2CCN1C(=O)C1=C[C@H](c2cn(C(C)=O)c3ccccc23)C[C@H](OCCN(CCO)S(=O)(=O)c2ccc(OC)cc2)O1. The van der Waals surface area contributed by atoms with E-state index in [2.05, 4.69) is 24.0 Å². The van der Waals surface area contributed by atoms with E-state index in [0.717, 1.165) is 65.7 Å². The van der Waals surface area contributed by atoms with Crippen molar-refractivity contribution in [2.75, 3.05) is 81.5 Å². The molecule has 4 aromatic carbocycles. The molecule has 0 bridgehead atoms. The second kappa shape index (κ2) is 22.2. The predicted molar refractivity (Wildman–Crippen MR) is 275 cm³/mol. The Hall–Kier alpha value is -6.11. The van der Waals surface area contributed by atoms with Crippen LogP contribution in [0.2, 0.25) is 0 Å². The van der Waals surface area contributed by atoms with Crippen LogP contribution in [0.4, 0.5) is 0 Å². The number of carbonyl (C=O) groups excluding carboxylic acids is 2. The zero-order valence-corrected chi connectivity index (χ0v) is 43.7. The highest BCUT2D eigenvalue weighted by molar-refractivity contribution is 7.89. The summed E-state index contributed by atoms with van der Waals surface area (Å²) in [6.07, 6.45) is 7.02. The number of fused-ring (bicyclic) bond motifs is 5. The topological polar surface area (TPSA) is 168 Å². The molecule has 73 heavy (non-hydrogen) atoms. The van der Waals surface area contributed by atoms with Crippen LogP contribution in [0.3, 0.4) is 0 Å². The van der Waals surface area contributed by atoms with Gasteiger partial charge in [-0.25, -0.2) is 8.42 Å². The summed E-state index contributed by atoms with van der Waals surface area (Å²) in [5, 5.41) is 10.8. The number of allylic oxidation sites excluding steroid dienone is 1. The van der Waals surface area contributed by atoms with E-state index in [1.165, 1.54) is 41.6 Å². The fourth-order valence-corrected chi connectivity index (χ4v) is 13.2. The predicted octanol–water partition coefficient (Wildman–Crippen LogP) is 7.92. The number of aliphatic hydroxyl groups excluding tert-OH is 1. The summed E-state index contributed by atoms with van der Waals surface area (Å²) in [5.41, 5.74) is 6.18. The highest BCUT2D eigenvalue weighted by Gasteiger charge is 2.44. The number of ether oxygens (including phenoxy) is 7. The van der Waals surface area contributed by atoms with Crippen LogP contribution in [0.25, 0.3) is 10.9 Å². The molecule has 6 atom stereocenters. The maximum absolute atomic E-state index is 15.7. The molecule has 1 fully saturated rings. The molecule has 1 saturated heterocycles. The lowest BCUT2D eigenvalue weighted by Crippen LogP contribution is -2.48. The van der Waals surface area contributed by atoms with Gasteiger partial charge in [0.2, 0.25) is 22.2 Å². The van der Waals surface area contributed by atoms with E-state index in [0.29, 0.717) is 48.3 Å². The van der Waals surface area contributed by atoms with E-state index < -0.39 is 28.8 Å². The number of sulfonamides is 1. The van der Waals surface area contributed by atoms with Gasteiger partial charge in [0.1, 0.15) is 5.75 Å². The fraction of sp³-hybridized carbons (Fsp3) is 0.464. The first kappa shape index (κ1) is 51.8. The summed E-state index contributed by atoms with van der Waals surface area (Å²) in [6.45, 7) is 5.28. The lowest BCUT2D eigenvalue weighted by atomic mass is 9.72. The molecule has 4 aliphatic heterocycles. The van der Waals surface area contributed by atoms with Crippen molar-refractivity contribution in [1.29, 1.82) is 0 Å². The lowest BCUT2D eigenvalue weighted by Gasteiger charge is -2.49. The smallest absolute Gasteiger partial charge is 0.289 e. The molecule has 0 aliphatic carbocycles. The zero-order valence-electron chi connectivity index (χ0n) is 42.9. The summed E-state index contributed by atoms with van der Waals surface area (Å²) in [7, 11) is 4.07. The molecule has 0 radical (unpaired) electrons. The van der Waals surface area contributed by atoms with Gasteiger partial charge in [-0.1, -0.05) is 31.5 Å². The van der Waals surface area contributed by atoms with Gasteiger partial charge in [0.05, 0.1) is 65.2 Å². The number of rotatable bonds is 18. The van der Waals surface area contributed by atoms with Crippen LogP contribution in [-0.4, -0.2) is 132 Å². The van der Waals surface area contributed by atoms with E-state index in [-0.39, 0.29) is 66.6 Å². The van der Waals surface area contributed by atoms with Gasteiger partial charge in [-0.15, -0.1) is 0 Å². The average molecular weight is 1020 g/mol. The highest BCUT2D eigenvalue weighted by Crippen LogP contribution is 2.50. The number of benzene rings is 4. The Morgan fingerprint density at radius 2 is 1.44 bits per heavy atom. The number of para-hydroxylation sites is 1. The van der Waals surface area contributed by atoms with E-state index in [4.69, 9.17) is 33.2 Å². The van der Waals surface area contributed by atoms with Crippen molar-refractivity contribution in [3.05, 3.63) is 119 Å². The number of methoxy groups -OCH3 is 5.